The molecule has 0 aromatic carbocycles. The number of hydrogen-bond acceptors (Lipinski definition) is 3. The molecule has 50 valence electrons. The van der Waals surface area contributed by atoms with Gasteiger partial charge in [-0.05, 0) is 0 Å². The number of aliphatic imine (C=N–C) groups is 1. The first kappa shape index (κ1) is 5.23. The van der Waals surface area contributed by atoms with Gasteiger partial charge in [0, 0.05) is 6.92 Å². The van der Waals surface area contributed by atoms with Gasteiger partial charge in [-0.3, -0.25) is 0 Å². The van der Waals surface area contributed by atoms with Crippen LogP contribution in [0.4, 0.5) is 0 Å². The van der Waals surface area contributed by atoms with Gasteiger partial charge in [-0.2, -0.15) is 0 Å². The summed E-state index contributed by atoms with van der Waals surface area (Å²) in [6.07, 6.45) is 0.227. The summed E-state index contributed by atoms with van der Waals surface area (Å²) in [6, 6.07) is 0.296. The summed E-state index contributed by atoms with van der Waals surface area (Å²) < 4.78 is 10.4. The Morgan fingerprint density at radius 3 is 3.22 bits per heavy atom. The summed E-state index contributed by atoms with van der Waals surface area (Å²) in [7, 11) is 0. The third-order valence-corrected chi connectivity index (χ3v) is 1.67. The van der Waals surface area contributed by atoms with Gasteiger partial charge in [0.2, 0.25) is 0 Å². The lowest BCUT2D eigenvalue weighted by molar-refractivity contribution is 0.137. The molecule has 0 bridgehead atoms. The SMILES string of the molecule is CC1=N[C@@H]2COCC2O1. The van der Waals surface area contributed by atoms with Gasteiger partial charge in [0.05, 0.1) is 13.2 Å². The van der Waals surface area contributed by atoms with E-state index in [1.807, 2.05) is 6.92 Å². The van der Waals surface area contributed by atoms with Crippen molar-refractivity contribution in [3.63, 3.8) is 0 Å². The Kier molecular flexibility index (Phi) is 0.990. The van der Waals surface area contributed by atoms with Crippen molar-refractivity contribution in [3.8, 4) is 0 Å². The van der Waals surface area contributed by atoms with Gasteiger partial charge in [-0.1, -0.05) is 0 Å². The van der Waals surface area contributed by atoms with E-state index < -0.39 is 0 Å². The predicted octanol–water partition coefficient (Wildman–Crippen LogP) is 0.202. The molecule has 2 heterocycles. The number of hydrogen-bond donors (Lipinski definition) is 0. The number of rotatable bonds is 0. The van der Waals surface area contributed by atoms with E-state index in [4.69, 9.17) is 9.47 Å². The molecule has 2 aliphatic heterocycles. The van der Waals surface area contributed by atoms with Gasteiger partial charge in [-0.25, -0.2) is 4.99 Å². The average Bonchev–Trinajstić information content (AvgIpc) is 2.22. The lowest BCUT2D eigenvalue weighted by Crippen LogP contribution is -2.18. The fourth-order valence-electron chi connectivity index (χ4n) is 1.24. The highest BCUT2D eigenvalue weighted by Gasteiger charge is 2.34. The largest absolute Gasteiger partial charge is 0.473 e. The minimum Gasteiger partial charge on any atom is -0.473 e. The lowest BCUT2D eigenvalue weighted by Gasteiger charge is -2.03. The Labute approximate surface area is 53.7 Å². The first-order chi connectivity index (χ1) is 4.36. The molecule has 0 radical (unpaired) electrons. The van der Waals surface area contributed by atoms with Crippen LogP contribution >= 0.6 is 0 Å². The van der Waals surface area contributed by atoms with Crippen molar-refractivity contribution in [2.75, 3.05) is 13.2 Å². The van der Waals surface area contributed by atoms with Crippen LogP contribution < -0.4 is 0 Å². The molecule has 1 unspecified atom stereocenters. The Morgan fingerprint density at radius 1 is 1.56 bits per heavy atom. The van der Waals surface area contributed by atoms with Crippen molar-refractivity contribution in [2.45, 2.75) is 19.1 Å². The maximum Gasteiger partial charge on any atom is 0.181 e. The second kappa shape index (κ2) is 1.70. The molecule has 3 nitrogen and oxygen atoms in total. The third-order valence-electron chi connectivity index (χ3n) is 1.67. The molecule has 1 fully saturated rings. The second-order valence-corrected chi connectivity index (χ2v) is 2.41. The molecule has 0 spiro atoms. The van der Waals surface area contributed by atoms with Crippen LogP contribution in [0, 0.1) is 0 Å². The first-order valence-corrected chi connectivity index (χ1v) is 3.15. The molecule has 2 atom stereocenters. The van der Waals surface area contributed by atoms with Gasteiger partial charge in [0.15, 0.2) is 5.90 Å². The van der Waals surface area contributed by atoms with E-state index in [0.29, 0.717) is 12.6 Å². The van der Waals surface area contributed by atoms with Crippen LogP contribution in [0.5, 0.6) is 0 Å². The predicted molar refractivity (Wildman–Crippen MR) is 32.6 cm³/mol. The highest BCUT2D eigenvalue weighted by molar-refractivity contribution is 5.75. The van der Waals surface area contributed by atoms with Crippen molar-refractivity contribution >= 4 is 5.90 Å². The minimum absolute atomic E-state index is 0.227. The molecule has 0 aliphatic carbocycles. The van der Waals surface area contributed by atoms with Gasteiger partial charge in [-0.15, -0.1) is 0 Å². The van der Waals surface area contributed by atoms with Crippen molar-refractivity contribution in [1.82, 2.24) is 0 Å². The number of ether oxygens (including phenoxy) is 2. The summed E-state index contributed by atoms with van der Waals surface area (Å²) in [5.74, 6) is 0.813. The maximum atomic E-state index is 5.31. The zero-order chi connectivity index (χ0) is 6.27. The molecule has 9 heavy (non-hydrogen) atoms. The van der Waals surface area contributed by atoms with E-state index in [2.05, 4.69) is 4.99 Å². The molecule has 0 aromatic rings. The zero-order valence-corrected chi connectivity index (χ0v) is 5.33. The smallest absolute Gasteiger partial charge is 0.181 e. The molecule has 0 amide bonds. The van der Waals surface area contributed by atoms with Crippen LogP contribution in [0.3, 0.4) is 0 Å². The quantitative estimate of drug-likeness (QED) is 0.465. The first-order valence-electron chi connectivity index (χ1n) is 3.15. The fourth-order valence-corrected chi connectivity index (χ4v) is 1.24. The molecule has 3 heteroatoms. The van der Waals surface area contributed by atoms with Crippen molar-refractivity contribution < 1.29 is 9.47 Å². The van der Waals surface area contributed by atoms with Gasteiger partial charge in [0.25, 0.3) is 0 Å². The Morgan fingerprint density at radius 2 is 2.44 bits per heavy atom. The van der Waals surface area contributed by atoms with Crippen LogP contribution in [0.1, 0.15) is 6.92 Å². The molecular weight excluding hydrogens is 118 g/mol. The average molecular weight is 127 g/mol. The van der Waals surface area contributed by atoms with Crippen LogP contribution in [0.2, 0.25) is 0 Å². The van der Waals surface area contributed by atoms with E-state index in [1.165, 1.54) is 0 Å². The molecule has 0 N–H and O–H groups in total. The van der Waals surface area contributed by atoms with E-state index in [1.54, 1.807) is 0 Å². The number of nitrogens with zero attached hydrogens (tertiary/aromatic N) is 1. The Hall–Kier alpha value is -0.570. The van der Waals surface area contributed by atoms with Crippen molar-refractivity contribution in [2.24, 2.45) is 4.99 Å². The van der Waals surface area contributed by atoms with E-state index in [9.17, 15) is 0 Å². The van der Waals surface area contributed by atoms with E-state index >= 15 is 0 Å². The monoisotopic (exact) mass is 127 g/mol. The fraction of sp³-hybridized carbons (Fsp3) is 0.833. The standard InChI is InChI=1S/C6H9NO2/c1-4-7-5-2-8-3-6(5)9-4/h5-6H,2-3H2,1H3/t5-,6?/m1/s1. The minimum atomic E-state index is 0.227. The zero-order valence-electron chi connectivity index (χ0n) is 5.33. The molecule has 0 saturated carbocycles. The summed E-state index contributed by atoms with van der Waals surface area (Å²) in [5.41, 5.74) is 0. The van der Waals surface area contributed by atoms with Gasteiger partial charge < -0.3 is 9.47 Å². The summed E-state index contributed by atoms with van der Waals surface area (Å²) in [5, 5.41) is 0. The summed E-state index contributed by atoms with van der Waals surface area (Å²) in [4.78, 5) is 4.22. The molecule has 2 rings (SSSR count). The van der Waals surface area contributed by atoms with E-state index in [-0.39, 0.29) is 6.10 Å². The van der Waals surface area contributed by atoms with Gasteiger partial charge in [0.1, 0.15) is 12.1 Å². The van der Waals surface area contributed by atoms with Crippen LogP contribution in [-0.2, 0) is 9.47 Å². The van der Waals surface area contributed by atoms with Gasteiger partial charge >= 0.3 is 0 Å². The van der Waals surface area contributed by atoms with E-state index in [0.717, 1.165) is 12.5 Å². The highest BCUT2D eigenvalue weighted by atomic mass is 16.6. The molecule has 1 saturated heterocycles. The second-order valence-electron chi connectivity index (χ2n) is 2.41. The molecular formula is C6H9NO2. The van der Waals surface area contributed by atoms with Crippen LogP contribution in [0.25, 0.3) is 0 Å². The topological polar surface area (TPSA) is 30.8 Å². The molecule has 0 aromatic heterocycles. The van der Waals surface area contributed by atoms with Crippen LogP contribution in [-0.4, -0.2) is 31.3 Å². The summed E-state index contributed by atoms with van der Waals surface area (Å²) in [6.45, 7) is 3.34. The number of fused-ring (bicyclic) bond motifs is 1. The van der Waals surface area contributed by atoms with Crippen LogP contribution in [0.15, 0.2) is 4.99 Å². The molecule has 2 aliphatic rings. The van der Waals surface area contributed by atoms with Crippen molar-refractivity contribution in [1.29, 1.82) is 0 Å². The highest BCUT2D eigenvalue weighted by Crippen LogP contribution is 2.19. The lowest BCUT2D eigenvalue weighted by atomic mass is 10.2. The maximum absolute atomic E-state index is 5.31. The Balaban J connectivity index is 2.13. The normalized spacial score (nSPS) is 39.9. The van der Waals surface area contributed by atoms with Crippen molar-refractivity contribution in [3.05, 3.63) is 0 Å². The summed E-state index contributed by atoms with van der Waals surface area (Å²) >= 11 is 0. The Bertz CT molecular complexity index is 155. The third kappa shape index (κ3) is 0.721.